The molecule has 0 unspecified atom stereocenters. The molecule has 0 fully saturated rings. The van der Waals surface area contributed by atoms with Crippen molar-refractivity contribution in [3.05, 3.63) is 89.5 Å². The van der Waals surface area contributed by atoms with Crippen molar-refractivity contribution >= 4 is 21.6 Å². The summed E-state index contributed by atoms with van der Waals surface area (Å²) in [6, 6.07) is 21.8. The maximum atomic E-state index is 12.6. The van der Waals surface area contributed by atoms with Crippen LogP contribution >= 0.6 is 0 Å². The lowest BCUT2D eigenvalue weighted by Gasteiger charge is -2.26. The first-order valence-corrected chi connectivity index (χ1v) is 13.2. The third kappa shape index (κ3) is 6.99. The van der Waals surface area contributed by atoms with Crippen LogP contribution in [0.15, 0.2) is 72.8 Å². The Labute approximate surface area is 207 Å². The molecule has 0 saturated heterocycles. The molecule has 0 aromatic heterocycles. The number of carbonyl (C=O) groups is 1. The van der Waals surface area contributed by atoms with Gasteiger partial charge in [-0.15, -0.1) is 0 Å². The molecule has 0 radical (unpaired) electrons. The number of amides is 1. The number of hydrogen-bond donors (Lipinski definition) is 1. The van der Waals surface area contributed by atoms with Gasteiger partial charge in [-0.3, -0.25) is 9.10 Å². The zero-order valence-electron chi connectivity index (χ0n) is 20.5. The van der Waals surface area contributed by atoms with Crippen LogP contribution in [0.25, 0.3) is 0 Å². The van der Waals surface area contributed by atoms with Crippen molar-refractivity contribution in [2.24, 2.45) is 0 Å². The van der Waals surface area contributed by atoms with Crippen LogP contribution < -0.4 is 19.1 Å². The number of carbonyl (C=O) groups excluding carboxylic acids is 1. The van der Waals surface area contributed by atoms with Crippen molar-refractivity contribution < 1.29 is 22.7 Å². The number of nitrogens with one attached hydrogen (secondary N) is 1. The van der Waals surface area contributed by atoms with Gasteiger partial charge in [-0.2, -0.15) is 0 Å². The summed E-state index contributed by atoms with van der Waals surface area (Å²) in [6.07, 6.45) is 1.21. The minimum Gasteiger partial charge on any atom is -0.493 e. The van der Waals surface area contributed by atoms with E-state index in [1.165, 1.54) is 10.6 Å². The molecule has 186 valence electrons. The highest BCUT2D eigenvalue weighted by Gasteiger charge is 2.21. The maximum Gasteiger partial charge on any atom is 0.251 e. The number of para-hydroxylation sites is 3. The molecule has 3 rings (SSSR count). The largest absolute Gasteiger partial charge is 0.493 e. The van der Waals surface area contributed by atoms with Gasteiger partial charge in [-0.05, 0) is 47.4 Å². The summed E-state index contributed by atoms with van der Waals surface area (Å²) in [5.74, 6) is 1.19. The summed E-state index contributed by atoms with van der Waals surface area (Å²) in [4.78, 5) is 12.5. The summed E-state index contributed by atoms with van der Waals surface area (Å²) < 4.78 is 37.6. The quantitative estimate of drug-likeness (QED) is 0.393. The molecule has 7 nitrogen and oxygen atoms in total. The number of sulfonamides is 1. The Balaban J connectivity index is 1.63. The van der Waals surface area contributed by atoms with Crippen molar-refractivity contribution in [1.82, 2.24) is 5.32 Å². The van der Waals surface area contributed by atoms with Gasteiger partial charge < -0.3 is 14.8 Å². The zero-order chi connectivity index (χ0) is 25.4. The highest BCUT2D eigenvalue weighted by molar-refractivity contribution is 7.92. The third-order valence-corrected chi connectivity index (χ3v) is 6.61. The molecule has 1 N–H and O–H groups in total. The predicted octanol–water partition coefficient (Wildman–Crippen LogP) is 4.59. The molecule has 0 aliphatic carbocycles. The number of hydrogen-bond acceptors (Lipinski definition) is 5. The van der Waals surface area contributed by atoms with Gasteiger partial charge in [0.25, 0.3) is 5.91 Å². The number of benzene rings is 3. The van der Waals surface area contributed by atoms with Gasteiger partial charge in [-0.1, -0.05) is 56.3 Å². The SMILES string of the molecule is COc1ccccc1OCCNC(=O)c1ccc(CN(c2ccccc2C(C)C)S(C)(=O)=O)cc1. The third-order valence-electron chi connectivity index (χ3n) is 5.48. The molecule has 0 atom stereocenters. The molecule has 0 bridgehead atoms. The van der Waals surface area contributed by atoms with Crippen LogP contribution in [0.4, 0.5) is 5.69 Å². The molecular formula is C27H32N2O5S. The van der Waals surface area contributed by atoms with Gasteiger partial charge in [-0.25, -0.2) is 8.42 Å². The van der Waals surface area contributed by atoms with E-state index in [0.29, 0.717) is 35.9 Å². The molecule has 0 aliphatic heterocycles. The fourth-order valence-electron chi connectivity index (χ4n) is 3.68. The summed E-state index contributed by atoms with van der Waals surface area (Å²) in [6.45, 7) is 4.87. The predicted molar refractivity (Wildman–Crippen MR) is 139 cm³/mol. The van der Waals surface area contributed by atoms with E-state index >= 15 is 0 Å². The van der Waals surface area contributed by atoms with Crippen molar-refractivity contribution in [3.63, 3.8) is 0 Å². The number of nitrogens with zero attached hydrogens (tertiary/aromatic N) is 1. The number of anilines is 1. The Kier molecular flexibility index (Phi) is 8.76. The van der Waals surface area contributed by atoms with Crippen LogP contribution in [0.1, 0.15) is 41.3 Å². The highest BCUT2D eigenvalue weighted by atomic mass is 32.2. The minimum absolute atomic E-state index is 0.175. The Hall–Kier alpha value is -3.52. The van der Waals surface area contributed by atoms with E-state index in [2.05, 4.69) is 5.32 Å². The lowest BCUT2D eigenvalue weighted by molar-refractivity contribution is 0.0947. The normalized spacial score (nSPS) is 11.2. The average molecular weight is 497 g/mol. The van der Waals surface area contributed by atoms with E-state index in [9.17, 15) is 13.2 Å². The van der Waals surface area contributed by atoms with Crippen LogP contribution in [-0.2, 0) is 16.6 Å². The molecule has 35 heavy (non-hydrogen) atoms. The van der Waals surface area contributed by atoms with E-state index in [1.54, 1.807) is 37.4 Å². The first-order valence-electron chi connectivity index (χ1n) is 11.4. The smallest absolute Gasteiger partial charge is 0.251 e. The molecule has 1 amide bonds. The lowest BCUT2D eigenvalue weighted by Crippen LogP contribution is -2.30. The van der Waals surface area contributed by atoms with Gasteiger partial charge >= 0.3 is 0 Å². The van der Waals surface area contributed by atoms with Gasteiger partial charge in [0.05, 0.1) is 32.1 Å². The van der Waals surface area contributed by atoms with Crippen LogP contribution in [-0.4, -0.2) is 40.8 Å². The number of rotatable bonds is 11. The standard InChI is InChI=1S/C27H32N2O5S/c1-20(2)23-9-5-6-10-24(23)29(35(4,31)32)19-21-13-15-22(16-14-21)27(30)28-17-18-34-26-12-8-7-11-25(26)33-3/h5-16,20H,17-19H2,1-4H3,(H,28,30). The molecule has 0 spiro atoms. The van der Waals surface area contributed by atoms with Crippen molar-refractivity contribution in [2.45, 2.75) is 26.3 Å². The summed E-state index contributed by atoms with van der Waals surface area (Å²) >= 11 is 0. The van der Waals surface area contributed by atoms with E-state index in [0.717, 1.165) is 11.1 Å². The zero-order valence-corrected chi connectivity index (χ0v) is 21.3. The lowest BCUT2D eigenvalue weighted by atomic mass is 10.0. The average Bonchev–Trinajstić information content (AvgIpc) is 2.85. The van der Waals surface area contributed by atoms with Gasteiger partial charge in [0.2, 0.25) is 10.0 Å². The maximum absolute atomic E-state index is 12.6. The van der Waals surface area contributed by atoms with Gasteiger partial charge in [0.1, 0.15) is 6.61 Å². The molecule has 3 aromatic rings. The molecular weight excluding hydrogens is 464 g/mol. The fraction of sp³-hybridized carbons (Fsp3) is 0.296. The van der Waals surface area contributed by atoms with E-state index in [1.807, 2.05) is 56.3 Å². The van der Waals surface area contributed by atoms with Crippen LogP contribution in [0.5, 0.6) is 11.5 Å². The fourth-order valence-corrected chi connectivity index (χ4v) is 4.58. The highest BCUT2D eigenvalue weighted by Crippen LogP contribution is 2.30. The van der Waals surface area contributed by atoms with Gasteiger partial charge in [0.15, 0.2) is 11.5 Å². The second-order valence-electron chi connectivity index (χ2n) is 8.44. The first-order chi connectivity index (χ1) is 16.7. The first kappa shape index (κ1) is 26.1. The molecule has 0 heterocycles. The van der Waals surface area contributed by atoms with Crippen LogP contribution in [0.2, 0.25) is 0 Å². The van der Waals surface area contributed by atoms with Crippen molar-refractivity contribution in [3.8, 4) is 11.5 Å². The molecule has 0 saturated carbocycles. The Morgan fingerprint density at radius 2 is 1.57 bits per heavy atom. The topological polar surface area (TPSA) is 84.9 Å². The molecule has 3 aromatic carbocycles. The van der Waals surface area contributed by atoms with Crippen LogP contribution in [0.3, 0.4) is 0 Å². The van der Waals surface area contributed by atoms with Crippen molar-refractivity contribution in [2.75, 3.05) is 30.8 Å². The van der Waals surface area contributed by atoms with Crippen LogP contribution in [0, 0.1) is 0 Å². The number of methoxy groups -OCH3 is 1. The second kappa shape index (κ2) is 11.8. The Bertz CT molecular complexity index is 1240. The van der Waals surface area contributed by atoms with E-state index in [4.69, 9.17) is 9.47 Å². The minimum atomic E-state index is -3.51. The molecule has 8 heteroatoms. The summed E-state index contributed by atoms with van der Waals surface area (Å²) in [7, 11) is -1.94. The Morgan fingerprint density at radius 1 is 0.943 bits per heavy atom. The summed E-state index contributed by atoms with van der Waals surface area (Å²) in [5.41, 5.74) is 2.90. The van der Waals surface area contributed by atoms with Crippen molar-refractivity contribution in [1.29, 1.82) is 0 Å². The Morgan fingerprint density at radius 3 is 2.20 bits per heavy atom. The number of ether oxygens (including phenoxy) is 2. The van der Waals surface area contributed by atoms with Gasteiger partial charge in [0, 0.05) is 5.56 Å². The molecule has 0 aliphatic rings. The summed E-state index contributed by atoms with van der Waals surface area (Å²) in [5, 5.41) is 2.83. The van der Waals surface area contributed by atoms with E-state index in [-0.39, 0.29) is 18.4 Å². The monoisotopic (exact) mass is 496 g/mol. The van der Waals surface area contributed by atoms with E-state index < -0.39 is 10.0 Å². The second-order valence-corrected chi connectivity index (χ2v) is 10.3.